The van der Waals surface area contributed by atoms with Gasteiger partial charge in [-0.2, -0.15) is 0 Å². The summed E-state index contributed by atoms with van der Waals surface area (Å²) < 4.78 is 26.2. The maximum Gasteiger partial charge on any atom is 0.179 e. The Bertz CT molecular complexity index is 840. The third kappa shape index (κ3) is 4.20. The number of benzene rings is 2. The molecule has 2 nitrogen and oxygen atoms in total. The van der Waals surface area contributed by atoms with Crippen LogP contribution in [0.1, 0.15) is 62.6 Å². The lowest BCUT2D eigenvalue weighted by Gasteiger charge is -2.31. The number of aryl methyl sites for hydroxylation is 1. The van der Waals surface area contributed by atoms with Crippen molar-refractivity contribution in [1.82, 2.24) is 0 Å². The average Bonchev–Trinajstić information content (AvgIpc) is 2.75. The van der Waals surface area contributed by atoms with Crippen molar-refractivity contribution < 1.29 is 8.42 Å². The van der Waals surface area contributed by atoms with Crippen molar-refractivity contribution in [3.8, 4) is 0 Å². The maximum absolute atomic E-state index is 13.1. The monoisotopic (exact) mass is 370 g/mol. The number of sulfone groups is 1. The molecule has 0 bridgehead atoms. The molecule has 26 heavy (non-hydrogen) atoms. The first-order valence-electron chi connectivity index (χ1n) is 9.86. The molecule has 0 unspecified atom stereocenters. The molecule has 0 spiro atoms. The van der Waals surface area contributed by atoms with E-state index in [2.05, 4.69) is 32.0 Å². The molecule has 0 saturated carbocycles. The predicted octanol–water partition coefficient (Wildman–Crippen LogP) is 5.58. The molecule has 1 aliphatic heterocycles. The Labute approximate surface area is 158 Å². The molecule has 1 heterocycles. The molecule has 0 saturated heterocycles. The fourth-order valence-corrected chi connectivity index (χ4v) is 6.52. The fraction of sp³-hybridized carbons (Fsp3) is 0.478. The molecule has 1 aliphatic rings. The Hall–Kier alpha value is -1.61. The first-order chi connectivity index (χ1) is 12.5. The summed E-state index contributed by atoms with van der Waals surface area (Å²) in [5.41, 5.74) is 3.41. The topological polar surface area (TPSA) is 34.1 Å². The van der Waals surface area contributed by atoms with Crippen LogP contribution >= 0.6 is 0 Å². The van der Waals surface area contributed by atoms with Crippen LogP contribution in [-0.2, 0) is 22.7 Å². The van der Waals surface area contributed by atoms with Crippen LogP contribution < -0.4 is 0 Å². The van der Waals surface area contributed by atoms with Gasteiger partial charge in [-0.1, -0.05) is 69.2 Å². The zero-order chi connectivity index (χ0) is 18.6. The van der Waals surface area contributed by atoms with E-state index in [4.69, 9.17) is 0 Å². The smallest absolute Gasteiger partial charge is 0.179 e. The lowest BCUT2D eigenvalue weighted by Crippen LogP contribution is -2.28. The van der Waals surface area contributed by atoms with Crippen molar-refractivity contribution in [3.05, 3.63) is 65.2 Å². The van der Waals surface area contributed by atoms with Gasteiger partial charge in [0.05, 0.1) is 10.6 Å². The highest BCUT2D eigenvalue weighted by Crippen LogP contribution is 2.41. The highest BCUT2D eigenvalue weighted by molar-refractivity contribution is 7.91. The summed E-state index contributed by atoms with van der Waals surface area (Å²) in [6.07, 6.45) is 6.89. The molecule has 0 radical (unpaired) electrons. The molecular weight excluding hydrogens is 340 g/mol. The highest BCUT2D eigenvalue weighted by Gasteiger charge is 2.37. The van der Waals surface area contributed by atoms with E-state index < -0.39 is 9.84 Å². The van der Waals surface area contributed by atoms with Crippen LogP contribution in [-0.4, -0.2) is 14.2 Å². The van der Waals surface area contributed by atoms with Gasteiger partial charge in [0.15, 0.2) is 9.84 Å². The van der Waals surface area contributed by atoms with Gasteiger partial charge in [-0.05, 0) is 60.3 Å². The molecule has 2 aromatic rings. The summed E-state index contributed by atoms with van der Waals surface area (Å²) >= 11 is 0. The summed E-state index contributed by atoms with van der Waals surface area (Å²) in [7, 11) is -3.22. The van der Waals surface area contributed by atoms with Gasteiger partial charge in [0.1, 0.15) is 0 Å². The van der Waals surface area contributed by atoms with E-state index in [1.807, 2.05) is 30.3 Å². The molecule has 0 aliphatic carbocycles. The predicted molar refractivity (Wildman–Crippen MR) is 108 cm³/mol. The molecule has 0 fully saturated rings. The number of fused-ring (bicyclic) bond motifs is 1. The molecule has 3 heteroatoms. The molecule has 0 N–H and O–H groups in total. The third-order valence-corrected chi connectivity index (χ3v) is 8.00. The van der Waals surface area contributed by atoms with Gasteiger partial charge in [0.25, 0.3) is 0 Å². The first kappa shape index (κ1) is 19.2. The van der Waals surface area contributed by atoms with E-state index in [0.717, 1.165) is 50.5 Å². The quantitative estimate of drug-likeness (QED) is 0.665. The average molecular weight is 371 g/mol. The molecule has 2 aromatic carbocycles. The summed E-state index contributed by atoms with van der Waals surface area (Å²) in [5.74, 6) is 0.307. The highest BCUT2D eigenvalue weighted by atomic mass is 32.2. The zero-order valence-electron chi connectivity index (χ0n) is 16.0. The van der Waals surface area contributed by atoms with Crippen molar-refractivity contribution in [2.75, 3.05) is 5.75 Å². The van der Waals surface area contributed by atoms with Gasteiger partial charge in [-0.25, -0.2) is 8.42 Å². The van der Waals surface area contributed by atoms with Crippen LogP contribution in [0.2, 0.25) is 0 Å². The van der Waals surface area contributed by atoms with E-state index in [9.17, 15) is 8.42 Å². The van der Waals surface area contributed by atoms with E-state index in [0.29, 0.717) is 10.6 Å². The fourth-order valence-electron chi connectivity index (χ4n) is 4.23. The minimum Gasteiger partial charge on any atom is -0.224 e. The Morgan fingerprint density at radius 1 is 1.00 bits per heavy atom. The maximum atomic E-state index is 13.1. The minimum atomic E-state index is -3.22. The van der Waals surface area contributed by atoms with Crippen LogP contribution in [0.4, 0.5) is 0 Å². The number of rotatable bonds is 6. The molecular formula is C23H30O2S. The second-order valence-corrected chi connectivity index (χ2v) is 9.78. The third-order valence-electron chi connectivity index (χ3n) is 5.94. The standard InChI is InChI=1S/C23H30O2S/c1-3-5-14-23(4-2)15-13-21-17-20(16-19-9-7-6-8-10-19)11-12-22(21)26(24,25)18-23/h6-12,17H,3-5,13-16,18H2,1-2H3/t23-/m0/s1. The van der Waals surface area contributed by atoms with Crippen LogP contribution in [0.25, 0.3) is 0 Å². The lowest BCUT2D eigenvalue weighted by atomic mass is 9.77. The molecule has 1 atom stereocenters. The minimum absolute atomic E-state index is 0.0620. The van der Waals surface area contributed by atoms with Crippen LogP contribution in [0.5, 0.6) is 0 Å². The molecule has 0 amide bonds. The lowest BCUT2D eigenvalue weighted by molar-refractivity contribution is 0.259. The van der Waals surface area contributed by atoms with Gasteiger partial charge in [-0.15, -0.1) is 0 Å². The number of hydrogen-bond acceptors (Lipinski definition) is 2. The van der Waals surface area contributed by atoms with Crippen LogP contribution in [0, 0.1) is 5.41 Å². The van der Waals surface area contributed by atoms with Crippen molar-refractivity contribution in [3.63, 3.8) is 0 Å². The second kappa shape index (κ2) is 7.96. The normalized spacial score (nSPS) is 21.8. The van der Waals surface area contributed by atoms with Crippen molar-refractivity contribution in [1.29, 1.82) is 0 Å². The van der Waals surface area contributed by atoms with Gasteiger partial charge in [-0.3, -0.25) is 0 Å². The van der Waals surface area contributed by atoms with Gasteiger partial charge < -0.3 is 0 Å². The zero-order valence-corrected chi connectivity index (χ0v) is 16.8. The molecule has 3 rings (SSSR count). The number of hydrogen-bond donors (Lipinski definition) is 0. The molecule has 140 valence electrons. The SMILES string of the molecule is CCCC[C@@]1(CC)CCc2cc(Cc3ccccc3)ccc2S(=O)(=O)C1. The Morgan fingerprint density at radius 2 is 1.77 bits per heavy atom. The molecule has 0 aromatic heterocycles. The van der Waals surface area contributed by atoms with Crippen molar-refractivity contribution in [2.24, 2.45) is 5.41 Å². The Morgan fingerprint density at radius 3 is 2.46 bits per heavy atom. The van der Waals surface area contributed by atoms with Gasteiger partial charge >= 0.3 is 0 Å². The summed E-state index contributed by atoms with van der Waals surface area (Å²) in [5, 5.41) is 0. The van der Waals surface area contributed by atoms with Gasteiger partial charge in [0.2, 0.25) is 0 Å². The Kier molecular flexibility index (Phi) is 5.86. The van der Waals surface area contributed by atoms with Crippen LogP contribution in [0.3, 0.4) is 0 Å². The van der Waals surface area contributed by atoms with E-state index in [1.165, 1.54) is 11.1 Å². The number of unbranched alkanes of at least 4 members (excludes halogenated alkanes) is 1. The van der Waals surface area contributed by atoms with E-state index in [-0.39, 0.29) is 5.41 Å². The van der Waals surface area contributed by atoms with E-state index >= 15 is 0 Å². The van der Waals surface area contributed by atoms with Crippen molar-refractivity contribution >= 4 is 9.84 Å². The summed E-state index contributed by atoms with van der Waals surface area (Å²) in [6, 6.07) is 16.3. The van der Waals surface area contributed by atoms with E-state index in [1.54, 1.807) is 0 Å². The van der Waals surface area contributed by atoms with Crippen LogP contribution in [0.15, 0.2) is 53.4 Å². The summed E-state index contributed by atoms with van der Waals surface area (Å²) in [6.45, 7) is 4.33. The summed E-state index contributed by atoms with van der Waals surface area (Å²) in [4.78, 5) is 0.570. The van der Waals surface area contributed by atoms with Gasteiger partial charge in [0, 0.05) is 0 Å². The first-order valence-corrected chi connectivity index (χ1v) is 11.5. The second-order valence-electron chi connectivity index (χ2n) is 7.82. The Balaban J connectivity index is 1.90. The van der Waals surface area contributed by atoms with Crippen molar-refractivity contribution in [2.45, 2.75) is 63.7 Å². The largest absolute Gasteiger partial charge is 0.224 e.